The van der Waals surface area contributed by atoms with Gasteiger partial charge in [-0.1, -0.05) is 6.92 Å². The molecule has 4 heteroatoms. The zero-order chi connectivity index (χ0) is 6.41. The van der Waals surface area contributed by atoms with Crippen molar-refractivity contribution >= 4 is 6.09 Å². The Labute approximate surface area is 48.0 Å². The Morgan fingerprint density at radius 2 is 2.50 bits per heavy atom. The molecule has 4 nitrogen and oxygen atoms in total. The lowest BCUT2D eigenvalue weighted by atomic mass is 10.5. The molecular formula is C4H8N2O2. The van der Waals surface area contributed by atoms with E-state index in [-0.39, 0.29) is 0 Å². The Hall–Kier alpha value is -0.770. The van der Waals surface area contributed by atoms with E-state index in [9.17, 15) is 4.79 Å². The van der Waals surface area contributed by atoms with Gasteiger partial charge in [0.1, 0.15) is 5.90 Å². The van der Waals surface area contributed by atoms with Crippen molar-refractivity contribution < 1.29 is 9.63 Å². The van der Waals surface area contributed by atoms with Crippen molar-refractivity contribution in [3.63, 3.8) is 0 Å². The molecule has 0 aromatic rings. The highest BCUT2D eigenvalue weighted by Crippen LogP contribution is 1.71. The lowest BCUT2D eigenvalue weighted by molar-refractivity contribution is 0.138. The molecule has 8 heavy (non-hydrogen) atoms. The SMILES string of the molecule is CCCNC(=O)O[N]. The lowest BCUT2D eigenvalue weighted by Gasteiger charge is -1.95. The van der Waals surface area contributed by atoms with Crippen LogP contribution in [-0.4, -0.2) is 12.6 Å². The Morgan fingerprint density at radius 3 is 2.88 bits per heavy atom. The number of carbonyl (C=O) groups is 1. The molecule has 0 fully saturated rings. The van der Waals surface area contributed by atoms with Gasteiger partial charge in [0.25, 0.3) is 0 Å². The van der Waals surface area contributed by atoms with E-state index in [2.05, 4.69) is 10.2 Å². The lowest BCUT2D eigenvalue weighted by Crippen LogP contribution is -2.24. The largest absolute Gasteiger partial charge is 0.429 e. The van der Waals surface area contributed by atoms with E-state index < -0.39 is 6.09 Å². The molecule has 1 amide bonds. The van der Waals surface area contributed by atoms with Crippen LogP contribution < -0.4 is 11.2 Å². The molecule has 0 aliphatic heterocycles. The molecule has 0 spiro atoms. The van der Waals surface area contributed by atoms with Gasteiger partial charge in [0.2, 0.25) is 0 Å². The standard InChI is InChI=1S/C4H8N2O2/c1-2-3-6-4(7)8-5/h2-3H2,1H3,(H,6,7). The summed E-state index contributed by atoms with van der Waals surface area (Å²) in [5, 5.41) is 2.27. The van der Waals surface area contributed by atoms with Gasteiger partial charge in [-0.3, -0.25) is 0 Å². The maximum atomic E-state index is 9.99. The first kappa shape index (κ1) is 7.23. The molecule has 46 valence electrons. The van der Waals surface area contributed by atoms with Gasteiger partial charge < -0.3 is 10.2 Å². The van der Waals surface area contributed by atoms with E-state index in [0.717, 1.165) is 6.42 Å². The van der Waals surface area contributed by atoms with Crippen molar-refractivity contribution in [2.24, 2.45) is 0 Å². The molecule has 0 bridgehead atoms. The van der Waals surface area contributed by atoms with E-state index in [1.807, 2.05) is 6.92 Å². The summed E-state index contributed by atoms with van der Waals surface area (Å²) in [6.45, 7) is 2.43. The molecule has 0 saturated heterocycles. The molecule has 0 saturated carbocycles. The highest BCUT2D eigenvalue weighted by molar-refractivity contribution is 5.66. The highest BCUT2D eigenvalue weighted by Gasteiger charge is 1.94. The molecule has 2 radical (unpaired) electrons. The molecule has 1 N–H and O–H groups in total. The van der Waals surface area contributed by atoms with Crippen LogP contribution in [0.1, 0.15) is 13.3 Å². The zero-order valence-electron chi connectivity index (χ0n) is 4.68. The molecular weight excluding hydrogens is 108 g/mol. The summed E-state index contributed by atoms with van der Waals surface area (Å²) in [7, 11) is 0. The van der Waals surface area contributed by atoms with Crippen LogP contribution in [0, 0.1) is 0 Å². The first-order valence-corrected chi connectivity index (χ1v) is 2.40. The van der Waals surface area contributed by atoms with Crippen LogP contribution >= 0.6 is 0 Å². The molecule has 0 atom stereocenters. The first-order valence-electron chi connectivity index (χ1n) is 2.40. The summed E-state index contributed by atoms with van der Waals surface area (Å²) in [4.78, 5) is 13.3. The third-order valence-electron chi connectivity index (χ3n) is 0.602. The predicted octanol–water partition coefficient (Wildman–Crippen LogP) is 0.106. The Balaban J connectivity index is 2.99. The topological polar surface area (TPSA) is 60.6 Å². The van der Waals surface area contributed by atoms with Gasteiger partial charge in [0.15, 0.2) is 0 Å². The van der Waals surface area contributed by atoms with Gasteiger partial charge in [-0.2, -0.15) is 0 Å². The van der Waals surface area contributed by atoms with E-state index in [4.69, 9.17) is 5.90 Å². The number of hydrogen-bond acceptors (Lipinski definition) is 2. The maximum Gasteiger partial charge on any atom is 0.429 e. The normalized spacial score (nSPS) is 8.25. The van der Waals surface area contributed by atoms with Crippen molar-refractivity contribution in [3.8, 4) is 0 Å². The number of nitrogens with one attached hydrogen (secondary N) is 1. The van der Waals surface area contributed by atoms with Gasteiger partial charge in [0.05, 0.1) is 0 Å². The van der Waals surface area contributed by atoms with Crippen LogP contribution in [0.15, 0.2) is 0 Å². The summed E-state index contributed by atoms with van der Waals surface area (Å²) >= 11 is 0. The molecule has 0 rings (SSSR count). The average molecular weight is 116 g/mol. The second-order valence-electron chi connectivity index (χ2n) is 1.31. The van der Waals surface area contributed by atoms with Crippen LogP contribution in [0.25, 0.3) is 0 Å². The fourth-order valence-electron chi connectivity index (χ4n) is 0.259. The third kappa shape index (κ3) is 3.42. The summed E-state index contributed by atoms with van der Waals surface area (Å²) in [6, 6.07) is 0. The van der Waals surface area contributed by atoms with Gasteiger partial charge in [0, 0.05) is 6.54 Å². The number of rotatable bonds is 2. The smallest absolute Gasteiger partial charge is 0.320 e. The van der Waals surface area contributed by atoms with E-state index in [0.29, 0.717) is 6.54 Å². The summed E-state index contributed by atoms with van der Waals surface area (Å²) < 4.78 is 0. The quantitative estimate of drug-likeness (QED) is 0.520. The zero-order valence-corrected chi connectivity index (χ0v) is 4.68. The highest BCUT2D eigenvalue weighted by atomic mass is 16.7. The van der Waals surface area contributed by atoms with Crippen molar-refractivity contribution in [3.05, 3.63) is 0 Å². The fraction of sp³-hybridized carbons (Fsp3) is 0.750. The van der Waals surface area contributed by atoms with E-state index >= 15 is 0 Å². The van der Waals surface area contributed by atoms with Crippen molar-refractivity contribution in [2.45, 2.75) is 13.3 Å². The minimum atomic E-state index is -0.799. The number of amides is 1. The second kappa shape index (κ2) is 4.39. The molecule has 0 aliphatic carbocycles. The van der Waals surface area contributed by atoms with Gasteiger partial charge in [-0.25, -0.2) is 4.79 Å². The summed E-state index contributed by atoms with van der Waals surface area (Å²) in [5.74, 6) is 7.65. The molecule has 0 heterocycles. The summed E-state index contributed by atoms with van der Waals surface area (Å²) in [5.41, 5.74) is 0. The Kier molecular flexibility index (Phi) is 3.97. The monoisotopic (exact) mass is 116 g/mol. The Morgan fingerprint density at radius 1 is 1.88 bits per heavy atom. The number of hydrogen-bond donors (Lipinski definition) is 1. The van der Waals surface area contributed by atoms with Gasteiger partial charge in [-0.15, -0.1) is 0 Å². The van der Waals surface area contributed by atoms with Crippen LogP contribution in [-0.2, 0) is 4.84 Å². The molecule has 0 aromatic heterocycles. The van der Waals surface area contributed by atoms with Crippen LogP contribution in [0.2, 0.25) is 0 Å². The Bertz CT molecular complexity index is 74.4. The van der Waals surface area contributed by atoms with Crippen LogP contribution in [0.5, 0.6) is 0 Å². The average Bonchev–Trinajstić information content (AvgIpc) is 1.83. The number of nitrogens with zero attached hydrogens (tertiary/aromatic N) is 1. The first-order chi connectivity index (χ1) is 3.81. The number of carbonyl (C=O) groups excluding carboxylic acids is 1. The molecule has 0 aliphatic rings. The fourth-order valence-corrected chi connectivity index (χ4v) is 0.259. The van der Waals surface area contributed by atoms with E-state index in [1.165, 1.54) is 0 Å². The van der Waals surface area contributed by atoms with Crippen molar-refractivity contribution in [1.29, 1.82) is 0 Å². The van der Waals surface area contributed by atoms with Crippen molar-refractivity contribution in [1.82, 2.24) is 11.2 Å². The molecule has 0 unspecified atom stereocenters. The van der Waals surface area contributed by atoms with Gasteiger partial charge >= 0.3 is 6.09 Å². The minimum Gasteiger partial charge on any atom is -0.320 e. The molecule has 0 aromatic carbocycles. The van der Waals surface area contributed by atoms with Crippen molar-refractivity contribution in [2.75, 3.05) is 6.54 Å². The van der Waals surface area contributed by atoms with E-state index in [1.54, 1.807) is 0 Å². The maximum absolute atomic E-state index is 9.99. The third-order valence-corrected chi connectivity index (χ3v) is 0.602. The van der Waals surface area contributed by atoms with Crippen LogP contribution in [0.3, 0.4) is 0 Å². The minimum absolute atomic E-state index is 0.527. The van der Waals surface area contributed by atoms with Gasteiger partial charge in [-0.05, 0) is 6.42 Å². The summed E-state index contributed by atoms with van der Waals surface area (Å²) in [6.07, 6.45) is 0.0293. The van der Waals surface area contributed by atoms with Crippen LogP contribution in [0.4, 0.5) is 4.79 Å². The predicted molar refractivity (Wildman–Crippen MR) is 26.9 cm³/mol. The second-order valence-corrected chi connectivity index (χ2v) is 1.31.